The second-order valence-corrected chi connectivity index (χ2v) is 4.50. The minimum Gasteiger partial charge on any atom is -0.386 e. The molecule has 0 aliphatic carbocycles. The van der Waals surface area contributed by atoms with E-state index in [1.165, 1.54) is 39.0 Å². The van der Waals surface area contributed by atoms with Crippen LogP contribution in [0.5, 0.6) is 0 Å². The third-order valence-corrected chi connectivity index (χ3v) is 2.99. The first-order valence-electron chi connectivity index (χ1n) is 6.41. The van der Waals surface area contributed by atoms with Gasteiger partial charge in [0.1, 0.15) is 6.10 Å². The molecule has 0 amide bonds. The molecule has 0 radical (unpaired) electrons. The van der Waals surface area contributed by atoms with Gasteiger partial charge in [0.2, 0.25) is 6.04 Å². The Hall–Kier alpha value is -0.640. The van der Waals surface area contributed by atoms with Crippen molar-refractivity contribution >= 4 is 0 Å². The maximum Gasteiger partial charge on any atom is 0.235 e. The lowest BCUT2D eigenvalue weighted by Crippen LogP contribution is -2.30. The summed E-state index contributed by atoms with van der Waals surface area (Å²) in [5, 5.41) is 19.9. The summed E-state index contributed by atoms with van der Waals surface area (Å²) in [6, 6.07) is -0.833. The minimum absolute atomic E-state index is 0.411. The molecule has 0 aliphatic heterocycles. The van der Waals surface area contributed by atoms with Gasteiger partial charge in [0.05, 0.1) is 0 Å². The Morgan fingerprint density at radius 1 is 1.12 bits per heavy atom. The van der Waals surface area contributed by atoms with E-state index < -0.39 is 17.1 Å². The molecule has 0 saturated carbocycles. The Kier molecular flexibility index (Phi) is 9.19. The maximum absolute atomic E-state index is 10.4. The molecule has 4 heteroatoms. The summed E-state index contributed by atoms with van der Waals surface area (Å²) in [6.45, 7) is 3.65. The summed E-state index contributed by atoms with van der Waals surface area (Å²) in [6.07, 6.45) is 7.98. The molecule has 0 fully saturated rings. The Balaban J connectivity index is 3.34. The Morgan fingerprint density at radius 3 is 2.12 bits per heavy atom. The van der Waals surface area contributed by atoms with Crippen molar-refractivity contribution in [3.63, 3.8) is 0 Å². The van der Waals surface area contributed by atoms with Crippen LogP contribution in [-0.4, -0.2) is 22.2 Å². The predicted molar refractivity (Wildman–Crippen MR) is 65.1 cm³/mol. The highest BCUT2D eigenvalue weighted by Gasteiger charge is 2.23. The molecule has 0 aromatic rings. The molecule has 0 rings (SSSR count). The summed E-state index contributed by atoms with van der Waals surface area (Å²) >= 11 is 0. The number of aliphatic hydroxyl groups excluding tert-OH is 1. The zero-order chi connectivity index (χ0) is 12.4. The van der Waals surface area contributed by atoms with Crippen molar-refractivity contribution in [3.05, 3.63) is 10.1 Å². The second-order valence-electron chi connectivity index (χ2n) is 4.50. The third kappa shape index (κ3) is 7.63. The topological polar surface area (TPSA) is 63.4 Å². The molecule has 96 valence electrons. The second kappa shape index (κ2) is 9.58. The van der Waals surface area contributed by atoms with Crippen molar-refractivity contribution in [2.24, 2.45) is 0 Å². The Labute approximate surface area is 98.2 Å². The molecular formula is C12H25NO3. The van der Waals surface area contributed by atoms with Crippen molar-refractivity contribution in [3.8, 4) is 0 Å². The smallest absolute Gasteiger partial charge is 0.235 e. The fourth-order valence-electron chi connectivity index (χ4n) is 1.69. The first kappa shape index (κ1) is 15.4. The molecule has 0 bridgehead atoms. The van der Waals surface area contributed by atoms with E-state index in [0.29, 0.717) is 6.42 Å². The van der Waals surface area contributed by atoms with Crippen LogP contribution in [0.2, 0.25) is 0 Å². The van der Waals surface area contributed by atoms with Crippen LogP contribution in [0, 0.1) is 10.1 Å². The zero-order valence-electron chi connectivity index (χ0n) is 10.5. The molecule has 0 heterocycles. The highest BCUT2D eigenvalue weighted by atomic mass is 16.6. The average Bonchev–Trinajstić information content (AvgIpc) is 2.26. The third-order valence-electron chi connectivity index (χ3n) is 2.99. The van der Waals surface area contributed by atoms with Gasteiger partial charge in [0.25, 0.3) is 0 Å². The molecule has 0 saturated heterocycles. The standard InChI is InChI=1S/C12H25NO3/c1-3-4-5-6-7-8-9-10-12(14)11(2)13(15)16/h11-12,14H,3-10H2,1-2H3/t11-,12-/m1/s1. The number of nitrogens with zero attached hydrogens (tertiary/aromatic N) is 1. The summed E-state index contributed by atoms with van der Waals surface area (Å²) in [5.41, 5.74) is 0. The predicted octanol–water partition coefficient (Wildman–Crippen LogP) is 3.15. The minimum atomic E-state index is -0.833. The van der Waals surface area contributed by atoms with E-state index in [0.717, 1.165) is 12.8 Å². The van der Waals surface area contributed by atoms with E-state index in [2.05, 4.69) is 6.92 Å². The fourth-order valence-corrected chi connectivity index (χ4v) is 1.69. The number of nitro groups is 1. The highest BCUT2D eigenvalue weighted by Crippen LogP contribution is 2.11. The van der Waals surface area contributed by atoms with Crippen LogP contribution in [0.4, 0.5) is 0 Å². The Bertz CT molecular complexity index is 185. The van der Waals surface area contributed by atoms with Gasteiger partial charge in [-0.15, -0.1) is 0 Å². The molecule has 4 nitrogen and oxygen atoms in total. The molecule has 0 unspecified atom stereocenters. The summed E-state index contributed by atoms with van der Waals surface area (Å²) in [5.74, 6) is 0. The van der Waals surface area contributed by atoms with Gasteiger partial charge in [0.15, 0.2) is 0 Å². The fraction of sp³-hybridized carbons (Fsp3) is 1.00. The average molecular weight is 231 g/mol. The van der Waals surface area contributed by atoms with E-state index in [1.54, 1.807) is 0 Å². The molecule has 0 spiro atoms. The van der Waals surface area contributed by atoms with Gasteiger partial charge in [0, 0.05) is 11.8 Å². The van der Waals surface area contributed by atoms with Gasteiger partial charge in [-0.2, -0.15) is 0 Å². The van der Waals surface area contributed by atoms with Crippen LogP contribution >= 0.6 is 0 Å². The number of aliphatic hydroxyl groups is 1. The summed E-state index contributed by atoms with van der Waals surface area (Å²) < 4.78 is 0. The number of rotatable bonds is 10. The first-order valence-corrected chi connectivity index (χ1v) is 6.41. The maximum atomic E-state index is 10.4. The lowest BCUT2D eigenvalue weighted by Gasteiger charge is -2.11. The van der Waals surface area contributed by atoms with Crippen LogP contribution < -0.4 is 0 Å². The van der Waals surface area contributed by atoms with Gasteiger partial charge in [-0.25, -0.2) is 0 Å². The number of hydrogen-bond donors (Lipinski definition) is 1. The van der Waals surface area contributed by atoms with Crippen molar-refractivity contribution in [2.45, 2.75) is 77.4 Å². The lowest BCUT2D eigenvalue weighted by atomic mass is 10.0. The number of unbranched alkanes of at least 4 members (excludes halogenated alkanes) is 6. The van der Waals surface area contributed by atoms with E-state index >= 15 is 0 Å². The van der Waals surface area contributed by atoms with Gasteiger partial charge in [-0.3, -0.25) is 10.1 Å². The monoisotopic (exact) mass is 231 g/mol. The molecule has 2 atom stereocenters. The van der Waals surface area contributed by atoms with Crippen molar-refractivity contribution in [1.29, 1.82) is 0 Å². The number of hydrogen-bond acceptors (Lipinski definition) is 3. The van der Waals surface area contributed by atoms with Crippen molar-refractivity contribution < 1.29 is 10.0 Å². The lowest BCUT2D eigenvalue weighted by molar-refractivity contribution is -0.530. The highest BCUT2D eigenvalue weighted by molar-refractivity contribution is 4.62. The van der Waals surface area contributed by atoms with Crippen LogP contribution in [-0.2, 0) is 0 Å². The van der Waals surface area contributed by atoms with Gasteiger partial charge in [-0.05, 0) is 6.42 Å². The van der Waals surface area contributed by atoms with Crippen LogP contribution in [0.1, 0.15) is 65.2 Å². The van der Waals surface area contributed by atoms with Crippen LogP contribution in [0.3, 0.4) is 0 Å². The normalized spacial score (nSPS) is 14.7. The van der Waals surface area contributed by atoms with Crippen LogP contribution in [0.15, 0.2) is 0 Å². The van der Waals surface area contributed by atoms with Crippen LogP contribution in [0.25, 0.3) is 0 Å². The molecule has 0 aromatic heterocycles. The molecule has 16 heavy (non-hydrogen) atoms. The zero-order valence-corrected chi connectivity index (χ0v) is 10.5. The Morgan fingerprint density at radius 2 is 1.62 bits per heavy atom. The summed E-state index contributed by atoms with van der Waals surface area (Å²) in [7, 11) is 0. The molecule has 0 aromatic carbocycles. The quantitative estimate of drug-likeness (QED) is 0.357. The van der Waals surface area contributed by atoms with Gasteiger partial charge in [-0.1, -0.05) is 51.9 Å². The first-order chi connectivity index (χ1) is 7.59. The largest absolute Gasteiger partial charge is 0.386 e. The van der Waals surface area contributed by atoms with Gasteiger partial charge < -0.3 is 5.11 Å². The van der Waals surface area contributed by atoms with E-state index in [4.69, 9.17) is 0 Å². The van der Waals surface area contributed by atoms with Gasteiger partial charge >= 0.3 is 0 Å². The molecular weight excluding hydrogens is 206 g/mol. The van der Waals surface area contributed by atoms with Crippen molar-refractivity contribution in [1.82, 2.24) is 0 Å². The summed E-state index contributed by atoms with van der Waals surface area (Å²) in [4.78, 5) is 9.98. The van der Waals surface area contributed by atoms with Crippen molar-refractivity contribution in [2.75, 3.05) is 0 Å². The molecule has 1 N–H and O–H groups in total. The van der Waals surface area contributed by atoms with E-state index in [9.17, 15) is 15.2 Å². The SMILES string of the molecule is CCCCCCCCC[C@@H](O)[C@@H](C)[N+](=O)[O-]. The van der Waals surface area contributed by atoms with E-state index in [1.807, 2.05) is 0 Å². The molecule has 0 aliphatic rings. The van der Waals surface area contributed by atoms with E-state index in [-0.39, 0.29) is 0 Å².